The molecule has 2 aromatic carbocycles. The predicted molar refractivity (Wildman–Crippen MR) is 113 cm³/mol. The summed E-state index contributed by atoms with van der Waals surface area (Å²) in [5.74, 6) is -0.965. The SMILES string of the molecule is Cc1ccc2c(c1)[C@@]1(C(=O)N2)C(C#N)=C(N)N(c2ccc(F)cc2)C2=C1C(=O)CCC2. The molecule has 0 saturated heterocycles. The molecular formula is C24H19FN4O2. The summed E-state index contributed by atoms with van der Waals surface area (Å²) in [6.07, 6.45) is 1.39. The number of carbonyl (C=O) groups is 2. The molecule has 1 spiro atoms. The molecule has 3 aliphatic rings. The molecule has 3 N–H and O–H groups in total. The van der Waals surface area contributed by atoms with Crippen LogP contribution >= 0.6 is 0 Å². The molecule has 0 saturated carbocycles. The maximum atomic E-state index is 13.6. The lowest BCUT2D eigenvalue weighted by Gasteiger charge is -2.43. The summed E-state index contributed by atoms with van der Waals surface area (Å²) in [5.41, 5.74) is 8.40. The van der Waals surface area contributed by atoms with E-state index in [-0.39, 0.29) is 29.2 Å². The van der Waals surface area contributed by atoms with E-state index >= 15 is 0 Å². The summed E-state index contributed by atoms with van der Waals surface area (Å²) in [4.78, 5) is 28.5. The number of fused-ring (bicyclic) bond motifs is 3. The Morgan fingerprint density at radius 1 is 1.16 bits per heavy atom. The molecule has 1 atom stereocenters. The third kappa shape index (κ3) is 2.42. The number of hydrogen-bond acceptors (Lipinski definition) is 5. The molecular weight excluding hydrogens is 395 g/mol. The second kappa shape index (κ2) is 6.54. The lowest BCUT2D eigenvalue weighted by atomic mass is 9.63. The van der Waals surface area contributed by atoms with Crippen LogP contribution in [0.3, 0.4) is 0 Å². The molecule has 0 bridgehead atoms. The molecule has 2 aliphatic heterocycles. The zero-order valence-electron chi connectivity index (χ0n) is 16.8. The van der Waals surface area contributed by atoms with E-state index in [2.05, 4.69) is 11.4 Å². The van der Waals surface area contributed by atoms with E-state index in [0.29, 0.717) is 35.5 Å². The zero-order chi connectivity index (χ0) is 21.9. The summed E-state index contributed by atoms with van der Waals surface area (Å²) in [7, 11) is 0. The van der Waals surface area contributed by atoms with E-state index in [9.17, 15) is 19.2 Å². The van der Waals surface area contributed by atoms with Gasteiger partial charge in [-0.2, -0.15) is 5.26 Å². The summed E-state index contributed by atoms with van der Waals surface area (Å²) in [6, 6.07) is 13.3. The van der Waals surface area contributed by atoms with Gasteiger partial charge in [0.15, 0.2) is 5.78 Å². The van der Waals surface area contributed by atoms with Crippen molar-refractivity contribution in [2.45, 2.75) is 31.6 Å². The Bertz CT molecular complexity index is 1270. The number of carbonyl (C=O) groups excluding carboxylic acids is 2. The zero-order valence-corrected chi connectivity index (χ0v) is 16.8. The van der Waals surface area contributed by atoms with E-state index in [0.717, 1.165) is 5.56 Å². The molecule has 0 unspecified atom stereocenters. The van der Waals surface area contributed by atoms with Gasteiger partial charge in [0.25, 0.3) is 0 Å². The number of halogens is 1. The number of nitrogens with two attached hydrogens (primary N) is 1. The quantitative estimate of drug-likeness (QED) is 0.744. The second-order valence-electron chi connectivity index (χ2n) is 8.04. The third-order valence-electron chi connectivity index (χ3n) is 6.27. The molecule has 0 aromatic heterocycles. The summed E-state index contributed by atoms with van der Waals surface area (Å²) in [5, 5.41) is 13.0. The highest BCUT2D eigenvalue weighted by molar-refractivity contribution is 6.19. The van der Waals surface area contributed by atoms with E-state index < -0.39 is 17.1 Å². The van der Waals surface area contributed by atoms with Gasteiger partial charge in [0, 0.05) is 34.6 Å². The number of nitrogens with one attached hydrogen (secondary N) is 1. The molecule has 154 valence electrons. The number of aryl methyl sites for hydroxylation is 1. The van der Waals surface area contributed by atoms with Crippen molar-refractivity contribution in [1.29, 1.82) is 5.26 Å². The Kier molecular flexibility index (Phi) is 4.02. The Balaban J connectivity index is 1.88. The number of hydrogen-bond donors (Lipinski definition) is 2. The van der Waals surface area contributed by atoms with Gasteiger partial charge in [-0.15, -0.1) is 0 Å². The molecule has 0 radical (unpaired) electrons. The van der Waals surface area contributed by atoms with Crippen LogP contribution in [-0.4, -0.2) is 11.7 Å². The lowest BCUT2D eigenvalue weighted by Crippen LogP contribution is -2.50. The largest absolute Gasteiger partial charge is 0.384 e. The summed E-state index contributed by atoms with van der Waals surface area (Å²) >= 11 is 0. The first-order chi connectivity index (χ1) is 14.9. The number of allylic oxidation sites excluding steroid dienone is 1. The van der Waals surface area contributed by atoms with Crippen LogP contribution in [0.15, 0.2) is 65.1 Å². The molecule has 1 amide bonds. The number of rotatable bonds is 1. The van der Waals surface area contributed by atoms with Gasteiger partial charge >= 0.3 is 0 Å². The lowest BCUT2D eigenvalue weighted by molar-refractivity contribution is -0.122. The van der Waals surface area contributed by atoms with Crippen molar-refractivity contribution in [2.75, 3.05) is 10.2 Å². The number of ketones is 1. The van der Waals surface area contributed by atoms with Crippen molar-refractivity contribution in [2.24, 2.45) is 5.73 Å². The Morgan fingerprint density at radius 3 is 2.61 bits per heavy atom. The van der Waals surface area contributed by atoms with Crippen LogP contribution in [0.2, 0.25) is 0 Å². The van der Waals surface area contributed by atoms with Crippen molar-refractivity contribution in [3.05, 3.63) is 82.1 Å². The highest BCUT2D eigenvalue weighted by Crippen LogP contribution is 2.55. The van der Waals surface area contributed by atoms with Gasteiger partial charge in [0.05, 0.1) is 5.57 Å². The van der Waals surface area contributed by atoms with Crippen LogP contribution in [0.1, 0.15) is 30.4 Å². The molecule has 6 nitrogen and oxygen atoms in total. The van der Waals surface area contributed by atoms with Gasteiger partial charge < -0.3 is 11.1 Å². The molecule has 2 aromatic rings. The van der Waals surface area contributed by atoms with Crippen LogP contribution in [0.25, 0.3) is 0 Å². The Hall–Kier alpha value is -3.92. The molecule has 0 fully saturated rings. The predicted octanol–water partition coefficient (Wildman–Crippen LogP) is 3.55. The van der Waals surface area contributed by atoms with Gasteiger partial charge in [-0.05, 0) is 50.1 Å². The number of amides is 1. The minimum absolute atomic E-state index is 0.00711. The van der Waals surface area contributed by atoms with E-state index in [1.807, 2.05) is 19.1 Å². The van der Waals surface area contributed by atoms with Gasteiger partial charge in [-0.25, -0.2) is 4.39 Å². The van der Waals surface area contributed by atoms with Crippen LogP contribution in [0, 0.1) is 24.1 Å². The normalized spacial score (nSPS) is 22.4. The molecule has 1 aliphatic carbocycles. The fraction of sp³-hybridized carbons (Fsp3) is 0.208. The van der Waals surface area contributed by atoms with Crippen molar-refractivity contribution in [3.8, 4) is 6.07 Å². The van der Waals surface area contributed by atoms with Crippen molar-refractivity contribution >= 4 is 23.1 Å². The maximum Gasteiger partial charge on any atom is 0.245 e. The molecule has 7 heteroatoms. The smallest absolute Gasteiger partial charge is 0.245 e. The first kappa shape index (κ1) is 19.1. The summed E-state index contributed by atoms with van der Waals surface area (Å²) < 4.78 is 13.6. The molecule has 5 rings (SSSR count). The third-order valence-corrected chi connectivity index (χ3v) is 6.27. The fourth-order valence-corrected chi connectivity index (χ4v) is 4.99. The number of benzene rings is 2. The molecule has 31 heavy (non-hydrogen) atoms. The Morgan fingerprint density at radius 2 is 1.90 bits per heavy atom. The van der Waals surface area contributed by atoms with Crippen molar-refractivity contribution in [3.63, 3.8) is 0 Å². The molecule has 2 heterocycles. The highest BCUT2D eigenvalue weighted by Gasteiger charge is 2.60. The average molecular weight is 414 g/mol. The first-order valence-electron chi connectivity index (χ1n) is 10.0. The first-order valence-corrected chi connectivity index (χ1v) is 10.0. The second-order valence-corrected chi connectivity index (χ2v) is 8.04. The van der Waals surface area contributed by atoms with Crippen LogP contribution in [-0.2, 0) is 15.0 Å². The van der Waals surface area contributed by atoms with Crippen LogP contribution in [0.5, 0.6) is 0 Å². The van der Waals surface area contributed by atoms with Crippen molar-refractivity contribution < 1.29 is 14.0 Å². The van der Waals surface area contributed by atoms with Gasteiger partial charge in [-0.1, -0.05) is 17.7 Å². The standard InChI is InChI=1S/C24H19FN4O2/c1-13-5-10-18-16(11-13)24(23(31)28-18)17(12-26)22(27)29(15-8-6-14(25)7-9-15)19-3-2-4-20(30)21(19)24/h5-11H,2-4,27H2,1H3,(H,28,31)/t24-/m1/s1. The van der Waals surface area contributed by atoms with Gasteiger partial charge in [-0.3, -0.25) is 14.5 Å². The van der Waals surface area contributed by atoms with E-state index in [4.69, 9.17) is 5.73 Å². The number of Topliss-reactive ketones (excluding diaryl/α,β-unsaturated/α-hetero) is 1. The van der Waals surface area contributed by atoms with Crippen molar-refractivity contribution in [1.82, 2.24) is 0 Å². The van der Waals surface area contributed by atoms with Crippen LogP contribution in [0.4, 0.5) is 15.8 Å². The van der Waals surface area contributed by atoms with Crippen LogP contribution < -0.4 is 16.0 Å². The van der Waals surface area contributed by atoms with E-state index in [1.54, 1.807) is 23.1 Å². The minimum Gasteiger partial charge on any atom is -0.384 e. The topological polar surface area (TPSA) is 99.2 Å². The van der Waals surface area contributed by atoms with Gasteiger partial charge in [0.2, 0.25) is 5.91 Å². The highest BCUT2D eigenvalue weighted by atomic mass is 19.1. The maximum absolute atomic E-state index is 13.6. The number of nitriles is 1. The monoisotopic (exact) mass is 414 g/mol. The number of nitrogens with zero attached hydrogens (tertiary/aromatic N) is 2. The summed E-state index contributed by atoms with van der Waals surface area (Å²) in [6.45, 7) is 1.89. The fourth-order valence-electron chi connectivity index (χ4n) is 4.99. The van der Waals surface area contributed by atoms with E-state index in [1.165, 1.54) is 12.1 Å². The Labute approximate surface area is 178 Å². The average Bonchev–Trinajstić information content (AvgIpc) is 3.02. The minimum atomic E-state index is -1.58. The number of anilines is 2. The van der Waals surface area contributed by atoms with Gasteiger partial charge in [0.1, 0.15) is 23.1 Å².